The van der Waals surface area contributed by atoms with Gasteiger partial charge < -0.3 is 0 Å². The Hall–Kier alpha value is -0.0301. The first-order valence-electron chi connectivity index (χ1n) is 42.0. The fraction of sp³-hybridized carbons (Fsp3) is 1.00. The van der Waals surface area contributed by atoms with Gasteiger partial charge in [0.05, 0.1) is 0 Å². The second-order valence-electron chi connectivity index (χ2n) is 40.2. The van der Waals surface area contributed by atoms with E-state index in [1.807, 2.05) is 0 Å². The quantitative estimate of drug-likeness (QED) is 0.254. The van der Waals surface area contributed by atoms with Gasteiger partial charge in [0.1, 0.15) is 0 Å². The lowest BCUT2D eigenvalue weighted by Gasteiger charge is -2.74. The Labute approximate surface area is 543 Å². The van der Waals surface area contributed by atoms with Gasteiger partial charge in [-0.2, -0.15) is 0 Å². The Bertz CT molecular complexity index is 2410. The minimum atomic E-state index is 0.379. The van der Waals surface area contributed by atoms with E-state index in [0.717, 1.165) is 192 Å². The predicted octanol–water partition coefficient (Wildman–Crippen LogP) is 20.7. The number of hydrogen-bond acceptors (Lipinski definition) is 4. The summed E-state index contributed by atoms with van der Waals surface area (Å²) in [7, 11) is 0. The van der Waals surface area contributed by atoms with E-state index in [9.17, 15) is 0 Å². The summed E-state index contributed by atoms with van der Waals surface area (Å²) in [4.78, 5) is 14.6. The van der Waals surface area contributed by atoms with Crippen LogP contribution in [0.15, 0.2) is 0 Å². The Balaban J connectivity index is 0.756. The molecule has 0 amide bonds. The van der Waals surface area contributed by atoms with Crippen molar-refractivity contribution in [1.29, 1.82) is 0 Å². The van der Waals surface area contributed by atoms with Gasteiger partial charge in [0.15, 0.2) is 13.4 Å². The van der Waals surface area contributed by atoms with Crippen LogP contribution in [0.25, 0.3) is 0 Å². The smallest absolute Gasteiger partial charge is 0.156 e. The summed E-state index contributed by atoms with van der Waals surface area (Å²) in [5, 5.41) is 0. The Morgan fingerprint density at radius 2 is 0.625 bits per heavy atom. The van der Waals surface area contributed by atoms with Crippen molar-refractivity contribution < 1.29 is 0 Å². The molecule has 6 heteroatoms. The first kappa shape index (κ1) is 60.4. The van der Waals surface area contributed by atoms with Gasteiger partial charge in [-0.15, -0.1) is 0 Å². The van der Waals surface area contributed by atoms with E-state index in [0.29, 0.717) is 10.8 Å². The van der Waals surface area contributed by atoms with Crippen LogP contribution in [0.2, 0.25) is 34.9 Å². The van der Waals surface area contributed by atoms with Gasteiger partial charge in [0.25, 0.3) is 0 Å². The highest BCUT2D eigenvalue weighted by atomic mass is 15.3. The molecule has 0 bridgehead atoms. The molecule has 26 atom stereocenters. The van der Waals surface area contributed by atoms with Crippen molar-refractivity contribution in [2.75, 3.05) is 0 Å². The number of fused-ring (bicyclic) bond motifs is 10. The molecule has 4 heterocycles. The van der Waals surface area contributed by atoms with E-state index in [2.05, 4.69) is 61.1 Å². The molecule has 19 unspecified atom stereocenters. The molecule has 4 nitrogen and oxygen atoms in total. The van der Waals surface area contributed by atoms with Gasteiger partial charge in [-0.05, 0) is 245 Å². The van der Waals surface area contributed by atoms with Crippen LogP contribution >= 0.6 is 0 Å². The minimum Gasteiger partial charge on any atom is -0.295 e. The van der Waals surface area contributed by atoms with E-state index in [4.69, 9.17) is 0 Å². The molecule has 0 aromatic carbocycles. The number of rotatable bonds is 5. The lowest BCUT2D eigenvalue weighted by molar-refractivity contribution is -0.153. The molecular weight excluding hydrogens is 1060 g/mol. The summed E-state index contributed by atoms with van der Waals surface area (Å²) in [6.07, 6.45) is 68.8. The predicted molar refractivity (Wildman–Crippen MR) is 371 cm³/mol. The maximum atomic E-state index is 3.69. The Morgan fingerprint density at radius 1 is 0.239 bits per heavy atom. The molecule has 4 saturated heterocycles. The van der Waals surface area contributed by atoms with Crippen molar-refractivity contribution in [1.82, 2.24) is 19.6 Å². The second-order valence-corrected chi connectivity index (χ2v) is 40.2. The molecule has 0 aromatic rings. The average molecular weight is 1200 g/mol. The first-order chi connectivity index (χ1) is 42.9. The van der Waals surface area contributed by atoms with E-state index in [1.165, 1.54) is 148 Å². The molecule has 18 fully saturated rings. The van der Waals surface area contributed by atoms with Gasteiger partial charge in [-0.3, -0.25) is 19.6 Å². The zero-order chi connectivity index (χ0) is 58.9. The summed E-state index contributed by atoms with van der Waals surface area (Å²) in [6, 6.07) is 10.2. The van der Waals surface area contributed by atoms with Crippen LogP contribution in [0.3, 0.4) is 0 Å². The third-order valence-corrected chi connectivity index (χ3v) is 35.3. The summed E-state index contributed by atoms with van der Waals surface area (Å²) in [6.45, 7) is 18.4. The van der Waals surface area contributed by atoms with Gasteiger partial charge in [-0.25, -0.2) is 0 Å². The Morgan fingerprint density at radius 3 is 1.09 bits per heavy atom. The van der Waals surface area contributed by atoms with Crippen LogP contribution < -0.4 is 0 Å². The molecular formula is C82H136B2N4. The van der Waals surface area contributed by atoms with Crippen molar-refractivity contribution in [2.45, 2.75) is 431 Å². The van der Waals surface area contributed by atoms with Crippen LogP contribution in [-0.4, -0.2) is 106 Å². The topological polar surface area (TPSA) is 13.0 Å². The molecule has 0 spiro atoms. The molecule has 14 saturated carbocycles. The molecule has 0 N–H and O–H groups in total. The lowest BCUT2D eigenvalue weighted by Crippen LogP contribution is -2.78. The number of nitrogens with zero attached hydrogens (tertiary/aromatic N) is 4. The number of hydrogen-bond donors (Lipinski definition) is 0. The highest BCUT2D eigenvalue weighted by Crippen LogP contribution is 2.72. The zero-order valence-corrected chi connectivity index (χ0v) is 58.4. The maximum absolute atomic E-state index is 3.69. The highest BCUT2D eigenvalue weighted by Gasteiger charge is 2.72. The maximum Gasteiger partial charge on any atom is 0.156 e. The van der Waals surface area contributed by atoms with Crippen LogP contribution in [0.1, 0.15) is 324 Å². The largest absolute Gasteiger partial charge is 0.295 e. The monoisotopic (exact) mass is 1200 g/mol. The van der Waals surface area contributed by atoms with Crippen LogP contribution in [0.4, 0.5) is 0 Å². The summed E-state index contributed by atoms with van der Waals surface area (Å²) in [5.41, 5.74) is 0.768. The molecule has 88 heavy (non-hydrogen) atoms. The van der Waals surface area contributed by atoms with E-state index in [1.54, 1.807) is 135 Å². The fourth-order valence-corrected chi connectivity index (χ4v) is 32.6. The average Bonchev–Trinajstić information content (AvgIpc) is 0.711. The Kier molecular flexibility index (Phi) is 16.4. The molecule has 18 aliphatic rings. The zero-order valence-electron chi connectivity index (χ0n) is 58.4. The first-order valence-corrected chi connectivity index (χ1v) is 42.0. The van der Waals surface area contributed by atoms with Gasteiger partial charge in [0, 0.05) is 72.5 Å². The van der Waals surface area contributed by atoms with Crippen LogP contribution in [0.5, 0.6) is 0 Å². The summed E-state index contributed by atoms with van der Waals surface area (Å²) < 4.78 is 0. The molecule has 18 rings (SSSR count). The standard InChI is InChI=1S/C82H136B2N4/c1-81(2,3)55-45-73-79-75(47-55)87(59-31-15-9-16-32-59)71-50-72-68(49-67(71)83(79)65-38-19-20-39-69(65)85(73)57-27-11-7-12-28-57)84-66-41-40-52(54-42-53-26-23-36-62-61-35-21-24-51-25-22-37-63(77(51)61)64(43-54)78(53)62)44-70(66)86(58-29-13-8-14-30-58)74-46-56(82(4,5)6)48-76(80(74)84)88(72)60-33-17-10-18-34-60/h51-80H,7-50H2,1-6H3/t51-,52?,53?,54?,55+,56?,61?,62-,63?,64?,65?,66?,67+,68-,69+,70?,71?,72?,73-,74?,75?,76?,77?,78?,79?,80?/m0/s1. The van der Waals surface area contributed by atoms with Gasteiger partial charge in [-0.1, -0.05) is 196 Å². The molecule has 14 aliphatic carbocycles. The third-order valence-electron chi connectivity index (χ3n) is 35.3. The van der Waals surface area contributed by atoms with Crippen LogP contribution in [-0.2, 0) is 0 Å². The van der Waals surface area contributed by atoms with Gasteiger partial charge in [0.2, 0.25) is 0 Å². The summed E-state index contributed by atoms with van der Waals surface area (Å²) in [5.74, 6) is 18.4. The van der Waals surface area contributed by atoms with Crippen LogP contribution in [0, 0.1) is 81.8 Å². The second kappa shape index (κ2) is 23.9. The van der Waals surface area contributed by atoms with Crippen molar-refractivity contribution in [3.63, 3.8) is 0 Å². The van der Waals surface area contributed by atoms with Gasteiger partial charge >= 0.3 is 0 Å². The SMILES string of the molecule is CC(C)(C)C1CC2C3B(C4CCC(C5CC6CCC[C@H]7C8CCC[C@H]9CCCC(C(C5)C67)C89)CC4N2C2CCCCC2)[C@H]2C[C@H]4B5C6CCCC[C@H]6N(C6CCCCC6)[C@H]6C[C@@H](C(C)(C)C)CC(C56)N(C5CCCCC5)C4CC2N(C2CCCCC2)C3C1. The van der Waals surface area contributed by atoms with Crippen molar-refractivity contribution in [3.05, 3.63) is 0 Å². The molecule has 0 radical (unpaired) electrons. The van der Waals surface area contributed by atoms with E-state index >= 15 is 0 Å². The molecule has 490 valence electrons. The highest BCUT2D eigenvalue weighted by molar-refractivity contribution is 6.67. The fourth-order valence-electron chi connectivity index (χ4n) is 32.6. The van der Waals surface area contributed by atoms with Crippen molar-refractivity contribution in [2.24, 2.45) is 81.8 Å². The third kappa shape index (κ3) is 9.93. The van der Waals surface area contributed by atoms with Crippen molar-refractivity contribution >= 4 is 13.4 Å². The molecule has 0 aromatic heterocycles. The van der Waals surface area contributed by atoms with Crippen molar-refractivity contribution in [3.8, 4) is 0 Å². The molecule has 4 aliphatic heterocycles. The lowest BCUT2D eigenvalue weighted by atomic mass is 9.13. The van der Waals surface area contributed by atoms with E-state index < -0.39 is 0 Å². The summed E-state index contributed by atoms with van der Waals surface area (Å²) >= 11 is 0. The van der Waals surface area contributed by atoms with E-state index in [-0.39, 0.29) is 0 Å². The normalized spacial score (nSPS) is 50.9. The minimum absolute atomic E-state index is 0.379.